The molecular formula is C15H12ClIO. The molecule has 92 valence electrons. The summed E-state index contributed by atoms with van der Waals surface area (Å²) >= 11 is 8.11. The fourth-order valence-electron chi connectivity index (χ4n) is 1.93. The molecule has 0 saturated carbocycles. The van der Waals surface area contributed by atoms with Crippen molar-refractivity contribution in [2.45, 2.75) is 13.8 Å². The largest absolute Gasteiger partial charge is 0.289 e. The number of carbonyl (C=O) groups is 1. The van der Waals surface area contributed by atoms with Gasteiger partial charge in [0.1, 0.15) is 0 Å². The van der Waals surface area contributed by atoms with E-state index in [1.807, 2.05) is 32.0 Å². The molecule has 1 nitrogen and oxygen atoms in total. The maximum atomic E-state index is 12.5. The summed E-state index contributed by atoms with van der Waals surface area (Å²) in [4.78, 5) is 12.5. The molecule has 0 aromatic heterocycles. The fraction of sp³-hybridized carbons (Fsp3) is 0.133. The maximum absolute atomic E-state index is 12.5. The molecule has 0 unspecified atom stereocenters. The minimum atomic E-state index is 0.0219. The molecular weight excluding hydrogens is 359 g/mol. The molecule has 2 aromatic rings. The monoisotopic (exact) mass is 370 g/mol. The minimum absolute atomic E-state index is 0.0219. The molecule has 0 radical (unpaired) electrons. The summed E-state index contributed by atoms with van der Waals surface area (Å²) in [5.41, 5.74) is 3.56. The van der Waals surface area contributed by atoms with E-state index in [0.29, 0.717) is 16.1 Å². The van der Waals surface area contributed by atoms with Crippen LogP contribution < -0.4 is 0 Å². The van der Waals surface area contributed by atoms with Gasteiger partial charge in [0.05, 0.1) is 0 Å². The minimum Gasteiger partial charge on any atom is -0.289 e. The van der Waals surface area contributed by atoms with E-state index in [2.05, 4.69) is 28.7 Å². The van der Waals surface area contributed by atoms with Crippen molar-refractivity contribution >= 4 is 40.0 Å². The van der Waals surface area contributed by atoms with Crippen LogP contribution in [-0.4, -0.2) is 5.78 Å². The summed E-state index contributed by atoms with van der Waals surface area (Å²) in [6.45, 7) is 3.99. The van der Waals surface area contributed by atoms with E-state index in [1.165, 1.54) is 0 Å². The van der Waals surface area contributed by atoms with Crippen LogP contribution >= 0.6 is 34.2 Å². The van der Waals surface area contributed by atoms with Crippen LogP contribution in [0.1, 0.15) is 27.0 Å². The third kappa shape index (κ3) is 2.93. The lowest BCUT2D eigenvalue weighted by Gasteiger charge is -2.07. The Balaban J connectivity index is 2.51. The van der Waals surface area contributed by atoms with Gasteiger partial charge in [-0.3, -0.25) is 4.79 Å². The van der Waals surface area contributed by atoms with Gasteiger partial charge in [-0.1, -0.05) is 28.8 Å². The first-order valence-corrected chi connectivity index (χ1v) is 7.01. The zero-order valence-electron chi connectivity index (χ0n) is 10.1. The third-order valence-electron chi connectivity index (χ3n) is 2.66. The van der Waals surface area contributed by atoms with Crippen LogP contribution in [-0.2, 0) is 0 Å². The summed E-state index contributed by atoms with van der Waals surface area (Å²) in [6, 6.07) is 11.3. The van der Waals surface area contributed by atoms with Crippen molar-refractivity contribution in [1.29, 1.82) is 0 Å². The van der Waals surface area contributed by atoms with Gasteiger partial charge in [0.2, 0.25) is 0 Å². The summed E-state index contributed by atoms with van der Waals surface area (Å²) in [6.07, 6.45) is 0. The molecule has 0 amide bonds. The van der Waals surface area contributed by atoms with E-state index in [1.54, 1.807) is 12.1 Å². The van der Waals surface area contributed by atoms with Crippen molar-refractivity contribution in [2.24, 2.45) is 0 Å². The second-order valence-electron chi connectivity index (χ2n) is 4.33. The van der Waals surface area contributed by atoms with Crippen molar-refractivity contribution in [3.8, 4) is 0 Å². The van der Waals surface area contributed by atoms with Crippen molar-refractivity contribution < 1.29 is 4.79 Å². The number of benzene rings is 2. The van der Waals surface area contributed by atoms with Gasteiger partial charge < -0.3 is 0 Å². The molecule has 0 heterocycles. The van der Waals surface area contributed by atoms with E-state index in [9.17, 15) is 4.79 Å². The molecule has 0 aliphatic carbocycles. The first-order chi connectivity index (χ1) is 8.47. The number of carbonyl (C=O) groups excluding carboxylic acids is 1. The highest BCUT2D eigenvalue weighted by atomic mass is 127. The molecule has 0 atom stereocenters. The second kappa shape index (κ2) is 5.41. The average molecular weight is 371 g/mol. The molecule has 0 saturated heterocycles. The highest BCUT2D eigenvalue weighted by Crippen LogP contribution is 2.22. The highest BCUT2D eigenvalue weighted by molar-refractivity contribution is 14.1. The predicted molar refractivity (Wildman–Crippen MR) is 83.5 cm³/mol. The molecule has 0 aliphatic rings. The fourth-order valence-corrected chi connectivity index (χ4v) is 2.69. The molecule has 3 heteroatoms. The van der Waals surface area contributed by atoms with Gasteiger partial charge in [0.25, 0.3) is 0 Å². The lowest BCUT2D eigenvalue weighted by molar-refractivity contribution is 0.103. The van der Waals surface area contributed by atoms with Gasteiger partial charge in [-0.2, -0.15) is 0 Å². The van der Waals surface area contributed by atoms with Crippen LogP contribution in [0.5, 0.6) is 0 Å². The van der Waals surface area contributed by atoms with Crippen LogP contribution in [0.3, 0.4) is 0 Å². The van der Waals surface area contributed by atoms with Crippen molar-refractivity contribution in [3.63, 3.8) is 0 Å². The van der Waals surface area contributed by atoms with E-state index >= 15 is 0 Å². The second-order valence-corrected chi connectivity index (χ2v) is 5.93. The van der Waals surface area contributed by atoms with E-state index in [4.69, 9.17) is 11.6 Å². The first kappa shape index (κ1) is 13.6. The number of aryl methyl sites for hydroxylation is 2. The maximum Gasteiger partial charge on any atom is 0.194 e. The van der Waals surface area contributed by atoms with Gasteiger partial charge >= 0.3 is 0 Å². The number of rotatable bonds is 2. The van der Waals surface area contributed by atoms with E-state index in [-0.39, 0.29) is 5.78 Å². The first-order valence-electron chi connectivity index (χ1n) is 5.55. The van der Waals surface area contributed by atoms with Gasteiger partial charge in [-0.15, -0.1) is 0 Å². The van der Waals surface area contributed by atoms with Crippen molar-refractivity contribution in [2.75, 3.05) is 0 Å². The Morgan fingerprint density at radius 2 is 1.67 bits per heavy atom. The molecule has 2 rings (SSSR count). The van der Waals surface area contributed by atoms with Crippen molar-refractivity contribution in [1.82, 2.24) is 0 Å². The Morgan fingerprint density at radius 3 is 2.28 bits per heavy atom. The standard InChI is InChI=1S/C15H12ClIO/c1-9-5-10(2)7-11(6-9)15(18)13-8-12(16)3-4-14(13)17/h3-8H,1-2H3. The van der Waals surface area contributed by atoms with Crippen LogP contribution in [0.4, 0.5) is 0 Å². The zero-order valence-corrected chi connectivity index (χ0v) is 13.0. The summed E-state index contributed by atoms with van der Waals surface area (Å²) in [7, 11) is 0. The highest BCUT2D eigenvalue weighted by Gasteiger charge is 2.13. The summed E-state index contributed by atoms with van der Waals surface area (Å²) < 4.78 is 0.918. The molecule has 0 N–H and O–H groups in total. The Hall–Kier alpha value is -0.870. The van der Waals surface area contributed by atoms with Crippen LogP contribution in [0.25, 0.3) is 0 Å². The lowest BCUT2D eigenvalue weighted by Crippen LogP contribution is -2.04. The number of hydrogen-bond donors (Lipinski definition) is 0. The Labute approximate surface area is 125 Å². The molecule has 18 heavy (non-hydrogen) atoms. The van der Waals surface area contributed by atoms with E-state index in [0.717, 1.165) is 14.7 Å². The predicted octanol–water partition coefficient (Wildman–Crippen LogP) is 4.79. The van der Waals surface area contributed by atoms with E-state index < -0.39 is 0 Å². The number of hydrogen-bond acceptors (Lipinski definition) is 1. The van der Waals surface area contributed by atoms with Crippen LogP contribution in [0.15, 0.2) is 36.4 Å². The zero-order chi connectivity index (χ0) is 13.3. The molecule has 0 spiro atoms. The van der Waals surface area contributed by atoms with Gasteiger partial charge in [0, 0.05) is 19.7 Å². The molecule has 2 aromatic carbocycles. The lowest BCUT2D eigenvalue weighted by atomic mass is 9.99. The molecule has 0 fully saturated rings. The normalized spacial score (nSPS) is 10.4. The Kier molecular flexibility index (Phi) is 4.07. The number of ketones is 1. The smallest absolute Gasteiger partial charge is 0.194 e. The summed E-state index contributed by atoms with van der Waals surface area (Å²) in [5.74, 6) is 0.0219. The third-order valence-corrected chi connectivity index (χ3v) is 3.83. The Morgan fingerprint density at radius 1 is 1.06 bits per heavy atom. The van der Waals surface area contributed by atoms with Gasteiger partial charge in [-0.05, 0) is 66.8 Å². The SMILES string of the molecule is Cc1cc(C)cc(C(=O)c2cc(Cl)ccc2I)c1. The quantitative estimate of drug-likeness (QED) is 0.548. The average Bonchev–Trinajstić information content (AvgIpc) is 2.30. The van der Waals surface area contributed by atoms with Crippen LogP contribution in [0.2, 0.25) is 5.02 Å². The number of halogens is 2. The van der Waals surface area contributed by atoms with Gasteiger partial charge in [0.15, 0.2) is 5.78 Å². The van der Waals surface area contributed by atoms with Crippen LogP contribution in [0, 0.1) is 17.4 Å². The molecule has 0 aliphatic heterocycles. The Bertz CT molecular complexity index is 600. The topological polar surface area (TPSA) is 17.1 Å². The summed E-state index contributed by atoms with van der Waals surface area (Å²) in [5, 5.41) is 0.586. The molecule has 0 bridgehead atoms. The van der Waals surface area contributed by atoms with Crippen molar-refractivity contribution in [3.05, 3.63) is 67.2 Å². The van der Waals surface area contributed by atoms with Gasteiger partial charge in [-0.25, -0.2) is 0 Å².